The zero-order valence-corrected chi connectivity index (χ0v) is 12.1. The van der Waals surface area contributed by atoms with Gasteiger partial charge in [-0.25, -0.2) is 0 Å². The second-order valence-electron chi connectivity index (χ2n) is 4.12. The van der Waals surface area contributed by atoms with Crippen molar-refractivity contribution in [3.8, 4) is 0 Å². The predicted octanol–water partition coefficient (Wildman–Crippen LogP) is 2.67. The summed E-state index contributed by atoms with van der Waals surface area (Å²) in [6.07, 6.45) is 0. The second-order valence-corrected chi connectivity index (χ2v) is 6.01. The minimum atomic E-state index is -1.43. The molecule has 1 amide bonds. The molecule has 0 aliphatic carbocycles. The summed E-state index contributed by atoms with van der Waals surface area (Å²) in [6, 6.07) is 13.5. The Morgan fingerprint density at radius 2 is 1.95 bits per heavy atom. The van der Waals surface area contributed by atoms with Crippen LogP contribution in [0.3, 0.4) is 0 Å². The van der Waals surface area contributed by atoms with Crippen molar-refractivity contribution >= 4 is 39.7 Å². The number of nitrogens with one attached hydrogen (secondary N) is 1. The molecule has 2 rings (SSSR count). The molecular weight excluding hydrogens is 296 g/mol. The van der Waals surface area contributed by atoms with Crippen molar-refractivity contribution in [3.63, 3.8) is 0 Å². The van der Waals surface area contributed by atoms with Crippen molar-refractivity contribution in [2.45, 2.75) is 4.90 Å². The molecule has 0 fully saturated rings. The molecule has 0 bridgehead atoms. The van der Waals surface area contributed by atoms with Gasteiger partial charge < -0.3 is 11.1 Å². The van der Waals surface area contributed by atoms with Crippen LogP contribution in [0.5, 0.6) is 0 Å². The molecule has 1 atom stereocenters. The molecule has 0 radical (unpaired) electrons. The van der Waals surface area contributed by atoms with Gasteiger partial charge in [0.1, 0.15) is 5.75 Å². The third-order valence-corrected chi connectivity index (χ3v) is 4.03. The summed E-state index contributed by atoms with van der Waals surface area (Å²) in [6.45, 7) is 0. The number of nitrogen functional groups attached to an aromatic ring is 1. The maximum atomic E-state index is 12.0. The number of hydrogen-bond donors (Lipinski definition) is 2. The summed E-state index contributed by atoms with van der Waals surface area (Å²) >= 11 is 5.82. The van der Waals surface area contributed by atoms with Crippen molar-refractivity contribution in [2.24, 2.45) is 0 Å². The van der Waals surface area contributed by atoms with E-state index >= 15 is 0 Å². The Kier molecular flexibility index (Phi) is 4.76. The van der Waals surface area contributed by atoms with Gasteiger partial charge in [-0.2, -0.15) is 0 Å². The third kappa shape index (κ3) is 4.08. The van der Waals surface area contributed by atoms with E-state index in [1.54, 1.807) is 48.5 Å². The quantitative estimate of drug-likeness (QED) is 0.853. The van der Waals surface area contributed by atoms with Gasteiger partial charge >= 0.3 is 0 Å². The SMILES string of the molecule is Nc1cccc(S(=O)CC(=O)Nc2cccc(Cl)c2)c1. The van der Waals surface area contributed by atoms with E-state index in [0.29, 0.717) is 21.3 Å². The molecular formula is C14H13ClN2O2S. The summed E-state index contributed by atoms with van der Waals surface area (Å²) in [4.78, 5) is 12.3. The van der Waals surface area contributed by atoms with Crippen LogP contribution in [-0.2, 0) is 15.6 Å². The van der Waals surface area contributed by atoms with Crippen LogP contribution in [0.1, 0.15) is 0 Å². The van der Waals surface area contributed by atoms with E-state index in [1.807, 2.05) is 0 Å². The molecule has 0 saturated heterocycles. The van der Waals surface area contributed by atoms with Crippen LogP contribution in [-0.4, -0.2) is 15.9 Å². The van der Waals surface area contributed by atoms with Crippen molar-refractivity contribution in [1.82, 2.24) is 0 Å². The Bertz CT molecular complexity index is 661. The van der Waals surface area contributed by atoms with Crippen LogP contribution >= 0.6 is 11.6 Å². The van der Waals surface area contributed by atoms with Gasteiger partial charge in [0.05, 0.1) is 10.8 Å². The summed E-state index contributed by atoms with van der Waals surface area (Å²) in [5.41, 5.74) is 6.71. The highest BCUT2D eigenvalue weighted by Crippen LogP contribution is 2.15. The lowest BCUT2D eigenvalue weighted by Gasteiger charge is -2.06. The largest absolute Gasteiger partial charge is 0.399 e. The molecule has 6 heteroatoms. The summed E-state index contributed by atoms with van der Waals surface area (Å²) in [7, 11) is -1.43. The van der Waals surface area contributed by atoms with Gasteiger partial charge in [-0.05, 0) is 36.4 Å². The lowest BCUT2D eigenvalue weighted by Crippen LogP contribution is -2.19. The lowest BCUT2D eigenvalue weighted by atomic mass is 10.3. The maximum absolute atomic E-state index is 12.0. The van der Waals surface area contributed by atoms with E-state index in [0.717, 1.165) is 0 Å². The lowest BCUT2D eigenvalue weighted by molar-refractivity contribution is -0.113. The van der Waals surface area contributed by atoms with Gasteiger partial charge in [0.2, 0.25) is 5.91 Å². The summed E-state index contributed by atoms with van der Waals surface area (Å²) < 4.78 is 12.0. The van der Waals surface area contributed by atoms with Crippen molar-refractivity contribution < 1.29 is 9.00 Å². The zero-order valence-electron chi connectivity index (χ0n) is 10.5. The van der Waals surface area contributed by atoms with E-state index in [9.17, 15) is 9.00 Å². The Balaban J connectivity index is 1.99. The van der Waals surface area contributed by atoms with E-state index < -0.39 is 10.8 Å². The Morgan fingerprint density at radius 1 is 1.20 bits per heavy atom. The monoisotopic (exact) mass is 308 g/mol. The number of hydrogen-bond acceptors (Lipinski definition) is 3. The Morgan fingerprint density at radius 3 is 2.65 bits per heavy atom. The molecule has 0 aliphatic heterocycles. The fourth-order valence-corrected chi connectivity index (χ4v) is 2.79. The molecule has 2 aromatic rings. The highest BCUT2D eigenvalue weighted by molar-refractivity contribution is 7.85. The van der Waals surface area contributed by atoms with Crippen molar-refractivity contribution in [3.05, 3.63) is 53.6 Å². The number of carbonyl (C=O) groups excluding carboxylic acids is 1. The van der Waals surface area contributed by atoms with Crippen LogP contribution < -0.4 is 11.1 Å². The summed E-state index contributed by atoms with van der Waals surface area (Å²) in [5, 5.41) is 3.18. The molecule has 0 aromatic heterocycles. The number of halogens is 1. The maximum Gasteiger partial charge on any atom is 0.237 e. The topological polar surface area (TPSA) is 72.2 Å². The van der Waals surface area contributed by atoms with Gasteiger partial charge in [0.25, 0.3) is 0 Å². The normalized spacial score (nSPS) is 11.8. The number of anilines is 2. The fraction of sp³-hybridized carbons (Fsp3) is 0.0714. The predicted molar refractivity (Wildman–Crippen MR) is 82.2 cm³/mol. The first-order valence-electron chi connectivity index (χ1n) is 5.84. The first-order chi connectivity index (χ1) is 9.54. The molecule has 3 N–H and O–H groups in total. The minimum absolute atomic E-state index is 0.129. The highest BCUT2D eigenvalue weighted by Gasteiger charge is 2.10. The number of amides is 1. The highest BCUT2D eigenvalue weighted by atomic mass is 35.5. The molecule has 4 nitrogen and oxygen atoms in total. The van der Waals surface area contributed by atoms with Crippen molar-refractivity contribution in [2.75, 3.05) is 16.8 Å². The average molecular weight is 309 g/mol. The molecule has 0 heterocycles. The zero-order chi connectivity index (χ0) is 14.5. The standard InChI is InChI=1S/C14H13ClN2O2S/c15-10-3-1-5-12(7-10)17-14(18)9-20(19)13-6-2-4-11(16)8-13/h1-8H,9,16H2,(H,17,18). The van der Waals surface area contributed by atoms with Gasteiger partial charge in [-0.3, -0.25) is 9.00 Å². The number of carbonyl (C=O) groups is 1. The number of nitrogens with two attached hydrogens (primary N) is 1. The van der Waals surface area contributed by atoms with Crippen LogP contribution in [0.15, 0.2) is 53.4 Å². The van der Waals surface area contributed by atoms with E-state index in [1.165, 1.54) is 0 Å². The van der Waals surface area contributed by atoms with E-state index in [-0.39, 0.29) is 11.7 Å². The number of benzene rings is 2. The first kappa shape index (κ1) is 14.6. The van der Waals surface area contributed by atoms with Gasteiger partial charge in [0, 0.05) is 21.3 Å². The van der Waals surface area contributed by atoms with Crippen LogP contribution in [0.25, 0.3) is 0 Å². The molecule has 20 heavy (non-hydrogen) atoms. The second kappa shape index (κ2) is 6.54. The molecule has 0 aliphatic rings. The van der Waals surface area contributed by atoms with E-state index in [2.05, 4.69) is 5.32 Å². The van der Waals surface area contributed by atoms with Crippen molar-refractivity contribution in [1.29, 1.82) is 0 Å². The Hall–Kier alpha value is -1.85. The van der Waals surface area contributed by atoms with E-state index in [4.69, 9.17) is 17.3 Å². The van der Waals surface area contributed by atoms with Gasteiger partial charge in [0.15, 0.2) is 0 Å². The molecule has 104 valence electrons. The smallest absolute Gasteiger partial charge is 0.237 e. The molecule has 1 unspecified atom stereocenters. The van der Waals surface area contributed by atoms with Gasteiger partial charge in [-0.1, -0.05) is 23.7 Å². The average Bonchev–Trinajstić information content (AvgIpc) is 2.38. The van der Waals surface area contributed by atoms with Crippen LogP contribution in [0, 0.1) is 0 Å². The Labute approximate surface area is 124 Å². The summed E-state index contributed by atoms with van der Waals surface area (Å²) in [5.74, 6) is -0.469. The minimum Gasteiger partial charge on any atom is -0.399 e. The molecule has 0 spiro atoms. The number of rotatable bonds is 4. The fourth-order valence-electron chi connectivity index (χ4n) is 1.62. The molecule has 2 aromatic carbocycles. The van der Waals surface area contributed by atoms with Gasteiger partial charge in [-0.15, -0.1) is 0 Å². The first-order valence-corrected chi connectivity index (χ1v) is 7.53. The molecule has 0 saturated carbocycles. The van der Waals surface area contributed by atoms with Crippen LogP contribution in [0.2, 0.25) is 5.02 Å². The third-order valence-electron chi connectivity index (χ3n) is 2.49. The van der Waals surface area contributed by atoms with Crippen LogP contribution in [0.4, 0.5) is 11.4 Å².